The summed E-state index contributed by atoms with van der Waals surface area (Å²) in [5.74, 6) is 0.168. The van der Waals surface area contributed by atoms with Gasteiger partial charge in [-0.05, 0) is 18.4 Å². The lowest BCUT2D eigenvalue weighted by Gasteiger charge is -2.16. The molecule has 0 spiro atoms. The summed E-state index contributed by atoms with van der Waals surface area (Å²) in [5.41, 5.74) is -0.372. The van der Waals surface area contributed by atoms with Crippen LogP contribution in [0.25, 0.3) is 10.8 Å². The number of benzene rings is 2. The van der Waals surface area contributed by atoms with Gasteiger partial charge in [0.2, 0.25) is 0 Å². The molecule has 3 rings (SSSR count). The normalized spacial score (nSPS) is 11.9. The predicted octanol–water partition coefficient (Wildman–Crippen LogP) is 2.34. The third-order valence-electron chi connectivity index (χ3n) is 3.68. The molecule has 2 aromatic carbocycles. The van der Waals surface area contributed by atoms with E-state index in [2.05, 4.69) is 10.3 Å². The number of rotatable bonds is 4. The highest BCUT2D eigenvalue weighted by Gasteiger charge is 2.18. The second kappa shape index (κ2) is 6.54. The number of anilines is 1. The minimum atomic E-state index is -0.775. The molecule has 122 valence electrons. The molecule has 0 saturated heterocycles. The number of nitrogens with one attached hydrogen (secondary N) is 1. The predicted molar refractivity (Wildman–Crippen MR) is 92.1 cm³/mol. The first-order valence-electron chi connectivity index (χ1n) is 7.53. The summed E-state index contributed by atoms with van der Waals surface area (Å²) >= 11 is 0. The van der Waals surface area contributed by atoms with Gasteiger partial charge < -0.3 is 14.6 Å². The molecule has 6 nitrogen and oxygen atoms in total. The van der Waals surface area contributed by atoms with Gasteiger partial charge in [0.1, 0.15) is 5.75 Å². The van der Waals surface area contributed by atoms with E-state index in [9.17, 15) is 9.59 Å². The van der Waals surface area contributed by atoms with E-state index in [1.165, 1.54) is 17.0 Å². The number of hydrogen-bond donors (Lipinski definition) is 1. The van der Waals surface area contributed by atoms with Crippen molar-refractivity contribution in [2.75, 3.05) is 5.32 Å². The average Bonchev–Trinajstić information content (AvgIpc) is 2.59. The Hall–Kier alpha value is -3.15. The van der Waals surface area contributed by atoms with Crippen LogP contribution in [-0.4, -0.2) is 21.6 Å². The minimum absolute atomic E-state index is 0.0154. The van der Waals surface area contributed by atoms with Crippen molar-refractivity contribution in [1.29, 1.82) is 0 Å². The molecule has 0 radical (unpaired) electrons. The molecular weight excluding hydrogens is 306 g/mol. The first kappa shape index (κ1) is 15.7. The molecule has 0 aliphatic carbocycles. The summed E-state index contributed by atoms with van der Waals surface area (Å²) < 4.78 is 7.13. The van der Waals surface area contributed by atoms with E-state index in [-0.39, 0.29) is 11.4 Å². The number of aryl methyl sites for hydroxylation is 1. The fourth-order valence-corrected chi connectivity index (χ4v) is 2.34. The van der Waals surface area contributed by atoms with Crippen LogP contribution in [0.4, 0.5) is 5.82 Å². The Kier molecular flexibility index (Phi) is 4.29. The van der Waals surface area contributed by atoms with Gasteiger partial charge in [0.05, 0.1) is 0 Å². The Morgan fingerprint density at radius 3 is 2.79 bits per heavy atom. The molecule has 0 aliphatic heterocycles. The third-order valence-corrected chi connectivity index (χ3v) is 3.68. The second-order valence-corrected chi connectivity index (χ2v) is 5.42. The van der Waals surface area contributed by atoms with Crippen LogP contribution in [0, 0.1) is 0 Å². The van der Waals surface area contributed by atoms with E-state index >= 15 is 0 Å². The highest BCUT2D eigenvalue weighted by atomic mass is 16.5. The van der Waals surface area contributed by atoms with Gasteiger partial charge in [-0.25, -0.2) is 4.98 Å². The van der Waals surface area contributed by atoms with Gasteiger partial charge in [-0.2, -0.15) is 0 Å². The number of carbonyl (C=O) groups is 1. The maximum absolute atomic E-state index is 12.3. The molecule has 24 heavy (non-hydrogen) atoms. The number of ether oxygens (including phenoxy) is 1. The Balaban J connectivity index is 1.79. The molecule has 0 aliphatic rings. The Morgan fingerprint density at radius 1 is 1.21 bits per heavy atom. The number of carbonyl (C=O) groups excluding carboxylic acids is 1. The largest absolute Gasteiger partial charge is 0.480 e. The zero-order valence-corrected chi connectivity index (χ0v) is 13.4. The summed E-state index contributed by atoms with van der Waals surface area (Å²) in [6.07, 6.45) is 2.20. The van der Waals surface area contributed by atoms with Gasteiger partial charge in [0.25, 0.3) is 11.5 Å². The topological polar surface area (TPSA) is 73.2 Å². The highest BCUT2D eigenvalue weighted by molar-refractivity contribution is 5.94. The number of nitrogens with zero attached hydrogens (tertiary/aromatic N) is 2. The molecule has 1 N–H and O–H groups in total. The van der Waals surface area contributed by atoms with Crippen LogP contribution < -0.4 is 15.6 Å². The van der Waals surface area contributed by atoms with Crippen molar-refractivity contribution in [3.8, 4) is 5.75 Å². The molecule has 0 saturated carbocycles. The van der Waals surface area contributed by atoms with Crippen LogP contribution in [0.1, 0.15) is 6.92 Å². The minimum Gasteiger partial charge on any atom is -0.480 e. The number of amides is 1. The van der Waals surface area contributed by atoms with Crippen LogP contribution in [0.2, 0.25) is 0 Å². The van der Waals surface area contributed by atoms with Crippen LogP contribution in [-0.2, 0) is 11.8 Å². The van der Waals surface area contributed by atoms with E-state index < -0.39 is 12.0 Å². The lowest BCUT2D eigenvalue weighted by atomic mass is 10.1. The van der Waals surface area contributed by atoms with Gasteiger partial charge in [0, 0.05) is 24.8 Å². The van der Waals surface area contributed by atoms with Crippen molar-refractivity contribution < 1.29 is 9.53 Å². The van der Waals surface area contributed by atoms with E-state index in [4.69, 9.17) is 4.74 Å². The van der Waals surface area contributed by atoms with Crippen molar-refractivity contribution in [2.24, 2.45) is 7.05 Å². The maximum atomic E-state index is 12.3. The number of fused-ring (bicyclic) bond motifs is 1. The summed E-state index contributed by atoms with van der Waals surface area (Å²) in [7, 11) is 1.59. The standard InChI is InChI=1S/C18H17N3O3/c1-12(17(22)20-16-18(23)21(2)11-10-19-16)24-15-9-5-7-13-6-3-4-8-14(13)15/h3-12H,1-2H3,(H,19,20,22)/t12-/m1/s1. The molecule has 6 heteroatoms. The maximum Gasteiger partial charge on any atom is 0.293 e. The summed E-state index contributed by atoms with van der Waals surface area (Å²) in [4.78, 5) is 28.1. The summed E-state index contributed by atoms with van der Waals surface area (Å²) in [5, 5.41) is 4.46. The monoisotopic (exact) mass is 323 g/mol. The van der Waals surface area contributed by atoms with Crippen LogP contribution >= 0.6 is 0 Å². The summed E-state index contributed by atoms with van der Waals surface area (Å²) in [6.45, 7) is 1.63. The van der Waals surface area contributed by atoms with Crippen molar-refractivity contribution in [3.63, 3.8) is 0 Å². The van der Waals surface area contributed by atoms with E-state index in [1.54, 1.807) is 14.0 Å². The molecule has 1 atom stereocenters. The van der Waals surface area contributed by atoms with E-state index in [0.717, 1.165) is 10.8 Å². The molecule has 3 aromatic rings. The Morgan fingerprint density at radius 2 is 1.96 bits per heavy atom. The molecule has 0 fully saturated rings. The quantitative estimate of drug-likeness (QED) is 0.800. The van der Waals surface area contributed by atoms with Gasteiger partial charge in [-0.15, -0.1) is 0 Å². The average molecular weight is 323 g/mol. The first-order valence-corrected chi connectivity index (χ1v) is 7.53. The first-order chi connectivity index (χ1) is 11.6. The van der Waals surface area contributed by atoms with Crippen molar-refractivity contribution in [2.45, 2.75) is 13.0 Å². The molecule has 1 heterocycles. The van der Waals surface area contributed by atoms with Crippen molar-refractivity contribution >= 4 is 22.5 Å². The SMILES string of the molecule is C[C@@H](Oc1cccc2ccccc12)C(=O)Nc1nccn(C)c1=O. The van der Waals surface area contributed by atoms with Gasteiger partial charge in [-0.3, -0.25) is 9.59 Å². The van der Waals surface area contributed by atoms with Crippen LogP contribution in [0.5, 0.6) is 5.75 Å². The van der Waals surface area contributed by atoms with Gasteiger partial charge >= 0.3 is 0 Å². The van der Waals surface area contributed by atoms with Crippen molar-refractivity contribution in [1.82, 2.24) is 9.55 Å². The lowest BCUT2D eigenvalue weighted by Crippen LogP contribution is -2.33. The highest BCUT2D eigenvalue weighted by Crippen LogP contribution is 2.26. The molecule has 0 unspecified atom stereocenters. The molecule has 1 amide bonds. The number of aromatic nitrogens is 2. The van der Waals surface area contributed by atoms with Gasteiger partial charge in [0.15, 0.2) is 11.9 Å². The molecule has 0 bridgehead atoms. The Bertz CT molecular complexity index is 944. The fourth-order valence-electron chi connectivity index (χ4n) is 2.34. The molecule has 1 aromatic heterocycles. The number of hydrogen-bond acceptors (Lipinski definition) is 4. The van der Waals surface area contributed by atoms with Crippen LogP contribution in [0.3, 0.4) is 0 Å². The lowest BCUT2D eigenvalue weighted by molar-refractivity contribution is -0.122. The third kappa shape index (κ3) is 3.12. The van der Waals surface area contributed by atoms with E-state index in [1.807, 2.05) is 42.5 Å². The summed E-state index contributed by atoms with van der Waals surface area (Å²) in [6, 6.07) is 13.4. The zero-order valence-electron chi connectivity index (χ0n) is 13.4. The van der Waals surface area contributed by atoms with Crippen LogP contribution in [0.15, 0.2) is 59.7 Å². The Labute approximate surface area is 138 Å². The van der Waals surface area contributed by atoms with Gasteiger partial charge in [-0.1, -0.05) is 36.4 Å². The zero-order chi connectivity index (χ0) is 17.1. The fraction of sp³-hybridized carbons (Fsp3) is 0.167. The molecular formula is C18H17N3O3. The smallest absolute Gasteiger partial charge is 0.293 e. The van der Waals surface area contributed by atoms with E-state index in [0.29, 0.717) is 5.75 Å². The van der Waals surface area contributed by atoms with Crippen molar-refractivity contribution in [3.05, 3.63) is 65.2 Å². The second-order valence-electron chi connectivity index (χ2n) is 5.42.